The van der Waals surface area contributed by atoms with Gasteiger partial charge >= 0.3 is 0 Å². The fraction of sp³-hybridized carbons (Fsp3) is 0.316. The zero-order chi connectivity index (χ0) is 20.4. The minimum atomic E-state index is -4.07. The lowest BCUT2D eigenvalue weighted by Crippen LogP contribution is -2.16. The maximum Gasteiger partial charge on any atom is 0.263 e. The lowest BCUT2D eigenvalue weighted by atomic mass is 10.1. The zero-order valence-corrected chi connectivity index (χ0v) is 17.4. The maximum atomic E-state index is 12.8. The second-order valence-corrected chi connectivity index (χ2v) is 10.3. The van der Waals surface area contributed by atoms with Gasteiger partial charge in [0.1, 0.15) is 4.90 Å². The van der Waals surface area contributed by atoms with Crippen molar-refractivity contribution in [3.8, 4) is 0 Å². The summed E-state index contributed by atoms with van der Waals surface area (Å²) in [6.07, 6.45) is 5.01. The molecule has 3 aromatic rings. The Morgan fingerprint density at radius 2 is 1.71 bits per heavy atom. The second kappa shape index (κ2) is 7.92. The Kier molecular flexibility index (Phi) is 5.76. The van der Waals surface area contributed by atoms with Crippen LogP contribution in [0.25, 0.3) is 10.9 Å². The van der Waals surface area contributed by atoms with Crippen molar-refractivity contribution in [3.63, 3.8) is 0 Å². The highest BCUT2D eigenvalue weighted by atomic mass is 32.2. The third-order valence-electron chi connectivity index (χ3n) is 4.45. The Labute approximate surface area is 165 Å². The summed E-state index contributed by atoms with van der Waals surface area (Å²) in [7, 11) is -7.76. The Balaban J connectivity index is 1.95. The van der Waals surface area contributed by atoms with Crippen molar-refractivity contribution in [2.24, 2.45) is 0 Å². The number of benzene rings is 2. The van der Waals surface area contributed by atoms with Crippen molar-refractivity contribution in [1.29, 1.82) is 0 Å². The van der Waals surface area contributed by atoms with Crippen molar-refractivity contribution in [1.82, 2.24) is 10.2 Å². The van der Waals surface area contributed by atoms with E-state index in [1.807, 2.05) is 0 Å². The molecule has 150 valence electrons. The van der Waals surface area contributed by atoms with Gasteiger partial charge in [-0.25, -0.2) is 16.8 Å². The van der Waals surface area contributed by atoms with E-state index in [0.717, 1.165) is 48.5 Å². The summed E-state index contributed by atoms with van der Waals surface area (Å²) >= 11 is 0. The molecule has 2 N–H and O–H groups in total. The summed E-state index contributed by atoms with van der Waals surface area (Å²) in [5.41, 5.74) is 2.07. The summed E-state index contributed by atoms with van der Waals surface area (Å²) in [5, 5.41) is 8.14. The van der Waals surface area contributed by atoms with E-state index >= 15 is 0 Å². The average Bonchev–Trinajstić information content (AvgIpc) is 3.03. The van der Waals surface area contributed by atoms with Crippen LogP contribution in [0.15, 0.2) is 52.3 Å². The third-order valence-corrected chi connectivity index (χ3v) is 7.17. The molecular formula is C19H23N3O4S2. The first-order valence-corrected chi connectivity index (χ1v) is 12.4. The number of sulfonamides is 1. The predicted octanol–water partition coefficient (Wildman–Crippen LogP) is 3.50. The number of H-pyrrole nitrogens is 1. The molecule has 9 heteroatoms. The molecule has 3 rings (SSSR count). The van der Waals surface area contributed by atoms with Crippen molar-refractivity contribution in [3.05, 3.63) is 48.2 Å². The number of hydrogen-bond donors (Lipinski definition) is 2. The van der Waals surface area contributed by atoms with Crippen LogP contribution in [0.2, 0.25) is 0 Å². The number of fused-ring (bicyclic) bond motifs is 1. The van der Waals surface area contributed by atoms with Crippen LogP contribution in [0.4, 0.5) is 5.69 Å². The van der Waals surface area contributed by atoms with Crippen LogP contribution in [-0.4, -0.2) is 33.3 Å². The van der Waals surface area contributed by atoms with E-state index in [4.69, 9.17) is 0 Å². The first-order valence-electron chi connectivity index (χ1n) is 9.01. The van der Waals surface area contributed by atoms with Crippen molar-refractivity contribution in [2.75, 3.05) is 11.0 Å². The Bertz CT molecular complexity index is 1200. The number of anilines is 1. The number of aromatic nitrogens is 2. The van der Waals surface area contributed by atoms with Crippen molar-refractivity contribution in [2.45, 2.75) is 42.4 Å². The molecule has 1 aromatic heterocycles. The normalized spacial score (nSPS) is 12.4. The van der Waals surface area contributed by atoms with Crippen LogP contribution in [0.3, 0.4) is 0 Å². The summed E-state index contributed by atoms with van der Waals surface area (Å²) in [6, 6.07) is 10.7. The van der Waals surface area contributed by atoms with Crippen LogP contribution >= 0.6 is 0 Å². The lowest BCUT2D eigenvalue weighted by Gasteiger charge is -2.11. The highest BCUT2D eigenvalue weighted by Crippen LogP contribution is 2.26. The molecule has 0 aliphatic rings. The van der Waals surface area contributed by atoms with Gasteiger partial charge in [-0.3, -0.25) is 9.82 Å². The first kappa shape index (κ1) is 20.3. The standard InChI is InChI=1S/C19H23N3O4S2/c1-3-4-5-8-16-15-13-14(11-12-17(15)21-20-16)22-28(25,26)19-10-7-6-9-18(19)27(2,23)24/h6-7,9-13,22H,3-5,8H2,1-2H3,(H,20,21). The van der Waals surface area contributed by atoms with Crippen LogP contribution in [-0.2, 0) is 26.3 Å². The van der Waals surface area contributed by atoms with Gasteiger partial charge in [-0.2, -0.15) is 5.10 Å². The molecule has 1 heterocycles. The SMILES string of the molecule is CCCCCc1n[nH]c2ccc(NS(=O)(=O)c3ccccc3S(C)(=O)=O)cc12. The van der Waals surface area contributed by atoms with Gasteiger partial charge in [0, 0.05) is 17.3 Å². The van der Waals surface area contributed by atoms with Gasteiger partial charge in [0.25, 0.3) is 10.0 Å². The smallest absolute Gasteiger partial charge is 0.263 e. The molecule has 7 nitrogen and oxygen atoms in total. The molecule has 28 heavy (non-hydrogen) atoms. The van der Waals surface area contributed by atoms with Crippen molar-refractivity contribution < 1.29 is 16.8 Å². The van der Waals surface area contributed by atoms with Gasteiger partial charge in [0.15, 0.2) is 9.84 Å². The largest absolute Gasteiger partial charge is 0.280 e. The summed E-state index contributed by atoms with van der Waals surface area (Å²) in [4.78, 5) is -0.500. The van der Waals surface area contributed by atoms with E-state index in [1.165, 1.54) is 24.3 Å². The monoisotopic (exact) mass is 421 g/mol. The third kappa shape index (κ3) is 4.36. The predicted molar refractivity (Wildman–Crippen MR) is 110 cm³/mol. The molecule has 0 atom stereocenters. The molecular weight excluding hydrogens is 398 g/mol. The van der Waals surface area contributed by atoms with Gasteiger partial charge in [0.05, 0.1) is 16.1 Å². The highest BCUT2D eigenvalue weighted by molar-refractivity contribution is 7.95. The molecule has 0 aliphatic carbocycles. The fourth-order valence-corrected chi connectivity index (χ4v) is 5.73. The molecule has 0 fully saturated rings. The number of nitrogens with one attached hydrogen (secondary N) is 2. The van der Waals surface area contributed by atoms with E-state index in [1.54, 1.807) is 18.2 Å². The molecule has 0 spiro atoms. The zero-order valence-electron chi connectivity index (χ0n) is 15.8. The number of sulfone groups is 1. The molecule has 0 saturated heterocycles. The average molecular weight is 422 g/mol. The van der Waals surface area contributed by atoms with Gasteiger partial charge < -0.3 is 0 Å². The van der Waals surface area contributed by atoms with Crippen molar-refractivity contribution >= 4 is 36.5 Å². The van der Waals surface area contributed by atoms with E-state index in [0.29, 0.717) is 5.69 Å². The number of hydrogen-bond acceptors (Lipinski definition) is 5. The van der Waals surface area contributed by atoms with E-state index in [2.05, 4.69) is 21.8 Å². The Hall–Kier alpha value is -2.39. The van der Waals surface area contributed by atoms with Crippen LogP contribution < -0.4 is 4.72 Å². The van der Waals surface area contributed by atoms with Crippen LogP contribution in [0.1, 0.15) is 31.9 Å². The summed E-state index contributed by atoms with van der Waals surface area (Å²) in [6.45, 7) is 2.13. The van der Waals surface area contributed by atoms with Crippen LogP contribution in [0.5, 0.6) is 0 Å². The molecule has 2 aromatic carbocycles. The number of rotatable bonds is 8. The minimum absolute atomic E-state index is 0.229. The summed E-state index contributed by atoms with van der Waals surface area (Å²) in [5.74, 6) is 0. The molecule has 0 unspecified atom stereocenters. The fourth-order valence-electron chi connectivity index (χ4n) is 3.05. The Morgan fingerprint density at radius 3 is 2.39 bits per heavy atom. The molecule has 0 saturated carbocycles. The minimum Gasteiger partial charge on any atom is -0.280 e. The number of aryl methyl sites for hydroxylation is 1. The van der Waals surface area contributed by atoms with Gasteiger partial charge in [0.2, 0.25) is 0 Å². The summed E-state index contributed by atoms with van der Waals surface area (Å²) < 4.78 is 52.1. The molecule has 0 bridgehead atoms. The van der Waals surface area contributed by atoms with Gasteiger partial charge in [-0.15, -0.1) is 0 Å². The van der Waals surface area contributed by atoms with E-state index in [9.17, 15) is 16.8 Å². The molecule has 0 aliphatic heterocycles. The molecule has 0 amide bonds. The number of aromatic amines is 1. The van der Waals surface area contributed by atoms with Crippen LogP contribution in [0, 0.1) is 0 Å². The first-order chi connectivity index (χ1) is 13.2. The Morgan fingerprint density at radius 1 is 1.00 bits per heavy atom. The topological polar surface area (TPSA) is 109 Å². The number of nitrogens with zero attached hydrogens (tertiary/aromatic N) is 1. The number of unbranched alkanes of at least 4 members (excludes halogenated alkanes) is 2. The van der Waals surface area contributed by atoms with Gasteiger partial charge in [-0.05, 0) is 43.2 Å². The lowest BCUT2D eigenvalue weighted by molar-refractivity contribution is 0.588. The van der Waals surface area contributed by atoms with Gasteiger partial charge in [-0.1, -0.05) is 31.9 Å². The highest BCUT2D eigenvalue weighted by Gasteiger charge is 2.23. The maximum absolute atomic E-state index is 12.8. The molecule has 0 radical (unpaired) electrons. The van der Waals surface area contributed by atoms with E-state index < -0.39 is 19.9 Å². The van der Waals surface area contributed by atoms with E-state index in [-0.39, 0.29) is 9.79 Å². The quantitative estimate of drug-likeness (QED) is 0.541. The second-order valence-electron chi connectivity index (χ2n) is 6.71.